The molecule has 0 unspecified atom stereocenters. The molecular weight excluding hydrogens is 244 g/mol. The van der Waals surface area contributed by atoms with E-state index in [4.69, 9.17) is 0 Å². The summed E-state index contributed by atoms with van der Waals surface area (Å²) in [5.74, 6) is -1.15. The van der Waals surface area contributed by atoms with E-state index in [-0.39, 0.29) is 12.5 Å². The first kappa shape index (κ1) is 15.1. The fraction of sp³-hybridized carbons (Fsp3) is 0.500. The standard InChI is InChI=1S/C14H20N2O3/c1-4-14(5-2,13(18)19)9-16-12(17)11-7-6-8-15-10(11)3/h6-8H,4-5,9H2,1-3H3,(H,16,17)(H,18,19). The number of amides is 1. The molecule has 0 aromatic carbocycles. The number of nitrogens with one attached hydrogen (secondary N) is 1. The Balaban J connectivity index is 2.79. The van der Waals surface area contributed by atoms with Crippen LogP contribution in [0.3, 0.4) is 0 Å². The number of carboxylic acids is 1. The third-order valence-corrected chi connectivity index (χ3v) is 3.65. The number of rotatable bonds is 6. The molecule has 0 fully saturated rings. The minimum absolute atomic E-state index is 0.127. The second kappa shape index (κ2) is 6.31. The van der Waals surface area contributed by atoms with Crippen LogP contribution in [-0.2, 0) is 4.79 Å². The van der Waals surface area contributed by atoms with E-state index in [0.29, 0.717) is 24.1 Å². The number of aromatic nitrogens is 1. The maximum atomic E-state index is 12.0. The highest BCUT2D eigenvalue weighted by atomic mass is 16.4. The van der Waals surface area contributed by atoms with Crippen LogP contribution in [0, 0.1) is 12.3 Å². The van der Waals surface area contributed by atoms with Gasteiger partial charge in [0.15, 0.2) is 0 Å². The first-order chi connectivity index (χ1) is 8.96. The van der Waals surface area contributed by atoms with Gasteiger partial charge in [-0.15, -0.1) is 0 Å². The molecule has 1 rings (SSSR count). The molecule has 0 aliphatic carbocycles. The second-order valence-electron chi connectivity index (χ2n) is 4.61. The van der Waals surface area contributed by atoms with Crippen molar-refractivity contribution < 1.29 is 14.7 Å². The van der Waals surface area contributed by atoms with Crippen LogP contribution in [0.5, 0.6) is 0 Å². The zero-order valence-electron chi connectivity index (χ0n) is 11.6. The third kappa shape index (κ3) is 3.30. The molecule has 0 spiro atoms. The molecule has 104 valence electrons. The number of carbonyl (C=O) groups is 2. The van der Waals surface area contributed by atoms with Gasteiger partial charge in [0.25, 0.3) is 5.91 Å². The first-order valence-corrected chi connectivity index (χ1v) is 6.40. The lowest BCUT2D eigenvalue weighted by atomic mass is 9.82. The van der Waals surface area contributed by atoms with Crippen molar-refractivity contribution in [2.24, 2.45) is 5.41 Å². The largest absolute Gasteiger partial charge is 0.481 e. The van der Waals surface area contributed by atoms with Crippen LogP contribution in [0.2, 0.25) is 0 Å². The number of aryl methyl sites for hydroxylation is 1. The Bertz CT molecular complexity index is 468. The van der Waals surface area contributed by atoms with Gasteiger partial charge in [0.05, 0.1) is 11.0 Å². The third-order valence-electron chi connectivity index (χ3n) is 3.65. The molecule has 5 nitrogen and oxygen atoms in total. The van der Waals surface area contributed by atoms with E-state index in [9.17, 15) is 14.7 Å². The number of carboxylic acid groups (broad SMARTS) is 1. The predicted octanol–water partition coefficient (Wildman–Crippen LogP) is 2.01. The lowest BCUT2D eigenvalue weighted by Crippen LogP contribution is -2.42. The first-order valence-electron chi connectivity index (χ1n) is 6.40. The van der Waals surface area contributed by atoms with Crippen molar-refractivity contribution in [3.05, 3.63) is 29.6 Å². The summed E-state index contributed by atoms with van der Waals surface area (Å²) in [6.45, 7) is 5.51. The molecule has 0 saturated heterocycles. The Morgan fingerprint density at radius 2 is 2.00 bits per heavy atom. The topological polar surface area (TPSA) is 79.3 Å². The van der Waals surface area contributed by atoms with Gasteiger partial charge in [-0.1, -0.05) is 13.8 Å². The van der Waals surface area contributed by atoms with Crippen molar-refractivity contribution >= 4 is 11.9 Å². The number of nitrogens with zero attached hydrogens (tertiary/aromatic N) is 1. The van der Waals surface area contributed by atoms with Crippen LogP contribution in [0.15, 0.2) is 18.3 Å². The van der Waals surface area contributed by atoms with Crippen LogP contribution in [0.25, 0.3) is 0 Å². The summed E-state index contributed by atoms with van der Waals surface area (Å²) in [6.07, 6.45) is 2.57. The SMILES string of the molecule is CCC(CC)(CNC(=O)c1cccnc1C)C(=O)O. The Hall–Kier alpha value is -1.91. The Morgan fingerprint density at radius 3 is 2.47 bits per heavy atom. The molecule has 1 aromatic rings. The highest BCUT2D eigenvalue weighted by Gasteiger charge is 2.35. The molecule has 0 atom stereocenters. The van der Waals surface area contributed by atoms with E-state index in [1.54, 1.807) is 25.3 Å². The van der Waals surface area contributed by atoms with Gasteiger partial charge < -0.3 is 10.4 Å². The van der Waals surface area contributed by atoms with Gasteiger partial charge in [0.1, 0.15) is 0 Å². The number of pyridine rings is 1. The van der Waals surface area contributed by atoms with Crippen LogP contribution in [0.1, 0.15) is 42.7 Å². The van der Waals surface area contributed by atoms with E-state index in [1.807, 2.05) is 13.8 Å². The van der Waals surface area contributed by atoms with Gasteiger partial charge in [0.2, 0.25) is 0 Å². The van der Waals surface area contributed by atoms with E-state index >= 15 is 0 Å². The molecule has 0 saturated carbocycles. The molecule has 0 aliphatic rings. The smallest absolute Gasteiger partial charge is 0.311 e. The van der Waals surface area contributed by atoms with E-state index < -0.39 is 11.4 Å². The normalized spacial score (nSPS) is 11.1. The number of aliphatic carboxylic acids is 1. The number of hydrogen-bond acceptors (Lipinski definition) is 3. The average molecular weight is 264 g/mol. The molecule has 1 heterocycles. The summed E-state index contributed by atoms with van der Waals surface area (Å²) in [4.78, 5) is 27.4. The van der Waals surface area contributed by atoms with Gasteiger partial charge in [-0.05, 0) is 31.9 Å². The lowest BCUT2D eigenvalue weighted by molar-refractivity contribution is -0.149. The Labute approximate surface area is 113 Å². The number of hydrogen-bond donors (Lipinski definition) is 2. The maximum Gasteiger partial charge on any atom is 0.311 e. The second-order valence-corrected chi connectivity index (χ2v) is 4.61. The quantitative estimate of drug-likeness (QED) is 0.823. The van der Waals surface area contributed by atoms with Gasteiger partial charge in [-0.2, -0.15) is 0 Å². The van der Waals surface area contributed by atoms with Gasteiger partial charge >= 0.3 is 5.97 Å². The highest BCUT2D eigenvalue weighted by molar-refractivity contribution is 5.95. The van der Waals surface area contributed by atoms with Gasteiger partial charge in [0, 0.05) is 18.4 Å². The molecule has 2 N–H and O–H groups in total. The summed E-state index contributed by atoms with van der Waals surface area (Å²) in [5.41, 5.74) is 0.217. The van der Waals surface area contributed by atoms with E-state index in [2.05, 4.69) is 10.3 Å². The van der Waals surface area contributed by atoms with Crippen molar-refractivity contribution in [1.29, 1.82) is 0 Å². The summed E-state index contributed by atoms with van der Waals surface area (Å²) in [7, 11) is 0. The summed E-state index contributed by atoms with van der Waals surface area (Å²) < 4.78 is 0. The highest BCUT2D eigenvalue weighted by Crippen LogP contribution is 2.25. The zero-order valence-corrected chi connectivity index (χ0v) is 11.6. The monoisotopic (exact) mass is 264 g/mol. The summed E-state index contributed by atoms with van der Waals surface area (Å²) in [5, 5.41) is 12.0. The molecule has 5 heteroatoms. The molecule has 1 aromatic heterocycles. The van der Waals surface area contributed by atoms with Crippen molar-refractivity contribution in [3.8, 4) is 0 Å². The Kier molecular flexibility index (Phi) is 5.03. The Morgan fingerprint density at radius 1 is 1.37 bits per heavy atom. The van der Waals surface area contributed by atoms with E-state index in [1.165, 1.54) is 0 Å². The number of carbonyl (C=O) groups excluding carboxylic acids is 1. The minimum Gasteiger partial charge on any atom is -0.481 e. The van der Waals surface area contributed by atoms with Crippen LogP contribution >= 0.6 is 0 Å². The molecular formula is C14H20N2O3. The van der Waals surface area contributed by atoms with Crippen LogP contribution < -0.4 is 5.32 Å². The molecule has 19 heavy (non-hydrogen) atoms. The molecule has 1 amide bonds. The fourth-order valence-corrected chi connectivity index (χ4v) is 1.95. The van der Waals surface area contributed by atoms with Crippen molar-refractivity contribution in [1.82, 2.24) is 10.3 Å². The minimum atomic E-state index is -0.897. The summed E-state index contributed by atoms with van der Waals surface area (Å²) >= 11 is 0. The van der Waals surface area contributed by atoms with Crippen LogP contribution in [0.4, 0.5) is 0 Å². The molecule has 0 aliphatic heterocycles. The lowest BCUT2D eigenvalue weighted by Gasteiger charge is -2.26. The maximum absolute atomic E-state index is 12.0. The molecule has 0 radical (unpaired) electrons. The van der Waals surface area contributed by atoms with E-state index in [0.717, 1.165) is 0 Å². The fourth-order valence-electron chi connectivity index (χ4n) is 1.95. The van der Waals surface area contributed by atoms with Gasteiger partial charge in [-0.3, -0.25) is 14.6 Å². The van der Waals surface area contributed by atoms with Crippen LogP contribution in [-0.4, -0.2) is 28.5 Å². The molecule has 0 bridgehead atoms. The summed E-state index contributed by atoms with van der Waals surface area (Å²) in [6, 6.07) is 3.37. The van der Waals surface area contributed by atoms with Crippen molar-refractivity contribution in [2.75, 3.05) is 6.54 Å². The zero-order chi connectivity index (χ0) is 14.5. The van der Waals surface area contributed by atoms with Gasteiger partial charge in [-0.25, -0.2) is 0 Å². The van der Waals surface area contributed by atoms with Crippen molar-refractivity contribution in [3.63, 3.8) is 0 Å². The predicted molar refractivity (Wildman–Crippen MR) is 72.0 cm³/mol. The van der Waals surface area contributed by atoms with Crippen molar-refractivity contribution in [2.45, 2.75) is 33.6 Å². The average Bonchev–Trinajstić information content (AvgIpc) is 2.40.